The van der Waals surface area contributed by atoms with Crippen LogP contribution in [0.2, 0.25) is 0 Å². The fourth-order valence-electron chi connectivity index (χ4n) is 4.95. The zero-order valence-corrected chi connectivity index (χ0v) is 19.7. The minimum atomic E-state index is -0.313. The Kier molecular flexibility index (Phi) is 4.91. The van der Waals surface area contributed by atoms with Crippen molar-refractivity contribution in [1.82, 2.24) is 0 Å². The topological polar surface area (TPSA) is 59.6 Å². The molecule has 3 aromatic rings. The second-order valence-corrected chi connectivity index (χ2v) is 9.66. The molecule has 0 fully saturated rings. The molecule has 3 aliphatic rings. The minimum Gasteiger partial charge on any atom is -0.454 e. The Morgan fingerprint density at radius 1 is 0.939 bits per heavy atom. The number of nitrogens with one attached hydrogen (secondary N) is 2. The molecular weight excluding hydrogens is 480 g/mol. The van der Waals surface area contributed by atoms with E-state index in [0.29, 0.717) is 17.9 Å². The highest BCUT2D eigenvalue weighted by atomic mass is 79.9. The van der Waals surface area contributed by atoms with Crippen LogP contribution >= 0.6 is 15.9 Å². The fraction of sp³-hybridized carbons (Fsp3) is 0.222. The molecule has 0 aromatic heterocycles. The van der Waals surface area contributed by atoms with Crippen LogP contribution in [0.1, 0.15) is 41.5 Å². The summed E-state index contributed by atoms with van der Waals surface area (Å²) in [6.45, 7) is 2.29. The molecule has 3 aromatic carbocycles. The Labute approximate surface area is 200 Å². The zero-order chi connectivity index (χ0) is 22.5. The molecule has 5 nitrogen and oxygen atoms in total. The number of allylic oxidation sites excluding steroid dienone is 1. The van der Waals surface area contributed by atoms with Crippen LogP contribution in [0.25, 0.3) is 0 Å². The monoisotopic (exact) mass is 502 g/mol. The van der Waals surface area contributed by atoms with Crippen molar-refractivity contribution in [3.63, 3.8) is 0 Å². The van der Waals surface area contributed by atoms with Crippen molar-refractivity contribution >= 4 is 33.1 Å². The van der Waals surface area contributed by atoms with Crippen molar-refractivity contribution in [3.8, 4) is 11.5 Å². The van der Waals surface area contributed by atoms with Crippen molar-refractivity contribution in [1.29, 1.82) is 0 Å². The molecular formula is C27H23BrN2O3. The fourth-order valence-corrected chi connectivity index (χ4v) is 5.51. The molecule has 0 radical (unpaired) electrons. The molecule has 0 amide bonds. The highest BCUT2D eigenvalue weighted by Crippen LogP contribution is 2.47. The largest absolute Gasteiger partial charge is 0.454 e. The van der Waals surface area contributed by atoms with E-state index < -0.39 is 0 Å². The Hall–Kier alpha value is -3.25. The molecule has 1 aliphatic carbocycles. The van der Waals surface area contributed by atoms with Gasteiger partial charge in [-0.1, -0.05) is 57.9 Å². The Bertz CT molecular complexity index is 1300. The number of halogens is 1. The van der Waals surface area contributed by atoms with Gasteiger partial charge in [0.1, 0.15) is 0 Å². The second-order valence-electron chi connectivity index (χ2n) is 8.81. The van der Waals surface area contributed by atoms with Crippen LogP contribution < -0.4 is 20.1 Å². The predicted octanol–water partition coefficient (Wildman–Crippen LogP) is 6.47. The second kappa shape index (κ2) is 7.96. The van der Waals surface area contributed by atoms with Gasteiger partial charge in [0.25, 0.3) is 0 Å². The molecule has 0 bridgehead atoms. The number of fused-ring (bicyclic) bond motifs is 2. The first-order valence-corrected chi connectivity index (χ1v) is 11.9. The van der Waals surface area contributed by atoms with Gasteiger partial charge in [0.15, 0.2) is 17.3 Å². The van der Waals surface area contributed by atoms with Crippen molar-refractivity contribution in [2.45, 2.75) is 31.7 Å². The number of para-hydroxylation sites is 2. The molecule has 33 heavy (non-hydrogen) atoms. The number of anilines is 2. The van der Waals surface area contributed by atoms with Crippen LogP contribution in [0.3, 0.4) is 0 Å². The van der Waals surface area contributed by atoms with Crippen molar-refractivity contribution in [3.05, 3.63) is 93.1 Å². The van der Waals surface area contributed by atoms with Crippen LogP contribution in [0.4, 0.5) is 11.4 Å². The summed E-state index contributed by atoms with van der Waals surface area (Å²) in [6.07, 6.45) is 1.26. The van der Waals surface area contributed by atoms with Gasteiger partial charge in [-0.3, -0.25) is 4.79 Å². The van der Waals surface area contributed by atoms with Gasteiger partial charge in [-0.15, -0.1) is 0 Å². The highest BCUT2D eigenvalue weighted by Gasteiger charge is 2.37. The first-order chi connectivity index (χ1) is 16.1. The SMILES string of the molecule is Cc1ccc(C2CC(=O)C3=C(C2)Nc2ccccc2NC3c2cc3c(cc2Br)OCO3)cc1. The number of carbonyl (C=O) groups excluding carboxylic acids is 1. The van der Waals surface area contributed by atoms with E-state index >= 15 is 0 Å². The summed E-state index contributed by atoms with van der Waals surface area (Å²) in [7, 11) is 0. The normalized spacial score (nSPS) is 21.0. The molecule has 2 heterocycles. The minimum absolute atomic E-state index is 0.149. The molecule has 2 unspecified atom stereocenters. The Morgan fingerprint density at radius 2 is 1.67 bits per heavy atom. The van der Waals surface area contributed by atoms with E-state index in [9.17, 15) is 4.79 Å². The highest BCUT2D eigenvalue weighted by molar-refractivity contribution is 9.10. The van der Waals surface area contributed by atoms with E-state index in [1.165, 1.54) is 11.1 Å². The lowest BCUT2D eigenvalue weighted by molar-refractivity contribution is -0.116. The van der Waals surface area contributed by atoms with E-state index in [1.807, 2.05) is 36.4 Å². The van der Waals surface area contributed by atoms with Gasteiger partial charge in [0.2, 0.25) is 6.79 Å². The average Bonchev–Trinajstić information content (AvgIpc) is 3.18. The van der Waals surface area contributed by atoms with Gasteiger partial charge >= 0.3 is 0 Å². The van der Waals surface area contributed by atoms with Gasteiger partial charge in [-0.2, -0.15) is 0 Å². The van der Waals surface area contributed by atoms with Gasteiger partial charge in [0, 0.05) is 22.2 Å². The molecule has 2 N–H and O–H groups in total. The molecule has 6 heteroatoms. The summed E-state index contributed by atoms with van der Waals surface area (Å²) >= 11 is 3.71. The average molecular weight is 503 g/mol. The maximum absolute atomic E-state index is 13.7. The summed E-state index contributed by atoms with van der Waals surface area (Å²) in [6, 6.07) is 20.2. The van der Waals surface area contributed by atoms with Crippen LogP contribution in [0.15, 0.2) is 76.4 Å². The number of ether oxygens (including phenoxy) is 2. The Morgan fingerprint density at radius 3 is 2.45 bits per heavy atom. The third kappa shape index (κ3) is 3.59. The number of carbonyl (C=O) groups is 1. The van der Waals surface area contributed by atoms with Crippen LogP contribution in [-0.4, -0.2) is 12.6 Å². The number of hydrogen-bond donors (Lipinski definition) is 2. The number of benzene rings is 3. The smallest absolute Gasteiger partial charge is 0.231 e. The molecule has 2 aliphatic heterocycles. The van der Waals surface area contributed by atoms with E-state index in [-0.39, 0.29) is 24.5 Å². The molecule has 0 saturated carbocycles. The number of ketones is 1. The molecule has 0 saturated heterocycles. The first-order valence-electron chi connectivity index (χ1n) is 11.1. The van der Waals surface area contributed by atoms with Crippen LogP contribution in [-0.2, 0) is 4.79 Å². The van der Waals surface area contributed by atoms with E-state index in [0.717, 1.165) is 39.1 Å². The lowest BCUT2D eigenvalue weighted by Gasteiger charge is -2.30. The third-order valence-electron chi connectivity index (χ3n) is 6.66. The number of hydrogen-bond acceptors (Lipinski definition) is 5. The van der Waals surface area contributed by atoms with Crippen LogP contribution in [0, 0.1) is 6.92 Å². The first kappa shape index (κ1) is 20.4. The van der Waals surface area contributed by atoms with Gasteiger partial charge in [-0.25, -0.2) is 0 Å². The summed E-state index contributed by atoms with van der Waals surface area (Å²) in [4.78, 5) is 13.7. The summed E-state index contributed by atoms with van der Waals surface area (Å²) < 4.78 is 12.1. The number of Topliss-reactive ketones (excluding diaryl/α,β-unsaturated/α-hetero) is 1. The summed E-state index contributed by atoms with van der Waals surface area (Å²) in [5.74, 6) is 1.71. The maximum Gasteiger partial charge on any atom is 0.231 e. The standard InChI is InChI=1S/C27H23BrN2O3/c1-15-6-8-16(9-7-15)17-10-22-26(23(31)11-17)27(30-21-5-3-2-4-20(21)29-22)18-12-24-25(13-19(18)28)33-14-32-24/h2-9,12-13,17,27,29-30H,10-11,14H2,1H3. The van der Waals surface area contributed by atoms with Gasteiger partial charge in [0.05, 0.1) is 17.4 Å². The molecule has 2 atom stereocenters. The maximum atomic E-state index is 13.7. The zero-order valence-electron chi connectivity index (χ0n) is 18.2. The molecule has 166 valence electrons. The summed E-state index contributed by atoms with van der Waals surface area (Å²) in [5.41, 5.74) is 7.07. The predicted molar refractivity (Wildman–Crippen MR) is 132 cm³/mol. The van der Waals surface area contributed by atoms with E-state index in [2.05, 4.69) is 57.8 Å². The van der Waals surface area contributed by atoms with E-state index in [4.69, 9.17) is 9.47 Å². The van der Waals surface area contributed by atoms with Crippen molar-refractivity contribution < 1.29 is 14.3 Å². The number of rotatable bonds is 2. The van der Waals surface area contributed by atoms with Crippen molar-refractivity contribution in [2.24, 2.45) is 0 Å². The Balaban J connectivity index is 1.47. The molecule has 0 spiro atoms. The third-order valence-corrected chi connectivity index (χ3v) is 7.35. The van der Waals surface area contributed by atoms with Crippen LogP contribution in [0.5, 0.6) is 11.5 Å². The van der Waals surface area contributed by atoms with Gasteiger partial charge in [-0.05, 0) is 54.7 Å². The van der Waals surface area contributed by atoms with Gasteiger partial charge < -0.3 is 20.1 Å². The lowest BCUT2D eigenvalue weighted by atomic mass is 9.78. The number of aryl methyl sites for hydroxylation is 1. The van der Waals surface area contributed by atoms with E-state index in [1.54, 1.807) is 0 Å². The van der Waals surface area contributed by atoms with Crippen molar-refractivity contribution in [2.75, 3.05) is 17.4 Å². The summed E-state index contributed by atoms with van der Waals surface area (Å²) in [5, 5.41) is 7.23. The quantitative estimate of drug-likeness (QED) is 0.420. The molecule has 6 rings (SSSR count). The lowest BCUT2D eigenvalue weighted by Crippen LogP contribution is -2.27.